The Kier molecular flexibility index (Phi) is 6.85. The lowest BCUT2D eigenvalue weighted by Gasteiger charge is -2.47. The van der Waals surface area contributed by atoms with Crippen molar-refractivity contribution in [2.24, 2.45) is 28.9 Å². The number of nitrogens with zero attached hydrogens (tertiary/aromatic N) is 2. The third-order valence-corrected chi connectivity index (χ3v) is 7.95. The van der Waals surface area contributed by atoms with E-state index in [9.17, 15) is 14.4 Å². The zero-order chi connectivity index (χ0) is 21.3. The number of halogens is 2. The molecule has 0 aromatic rings. The van der Waals surface area contributed by atoms with Crippen molar-refractivity contribution in [3.63, 3.8) is 0 Å². The SMILES string of the molecule is N#CC1(C(=O)NCC2CNC(C3CCC(Cl)CC3F)NC2N2CCC(CN)C2)CC1. The van der Waals surface area contributed by atoms with Crippen LogP contribution >= 0.6 is 11.6 Å². The van der Waals surface area contributed by atoms with Crippen LogP contribution in [0.5, 0.6) is 0 Å². The lowest BCUT2D eigenvalue weighted by atomic mass is 9.83. The molecule has 0 aromatic carbocycles. The van der Waals surface area contributed by atoms with Crippen LogP contribution in [-0.4, -0.2) is 67.4 Å². The molecule has 9 heteroatoms. The van der Waals surface area contributed by atoms with E-state index >= 15 is 0 Å². The first-order valence-electron chi connectivity index (χ1n) is 11.4. The van der Waals surface area contributed by atoms with Crippen molar-refractivity contribution in [2.75, 3.05) is 32.7 Å². The summed E-state index contributed by atoms with van der Waals surface area (Å²) < 4.78 is 14.7. The number of likely N-dealkylation sites (tertiary alicyclic amines) is 1. The Hall–Kier alpha value is -0.980. The molecular formula is C21H34ClFN6O. The lowest BCUT2D eigenvalue weighted by molar-refractivity contribution is -0.124. The summed E-state index contributed by atoms with van der Waals surface area (Å²) in [5, 5.41) is 19.4. The largest absolute Gasteiger partial charge is 0.354 e. The van der Waals surface area contributed by atoms with Crippen LogP contribution in [0.1, 0.15) is 38.5 Å². The second kappa shape index (κ2) is 9.25. The van der Waals surface area contributed by atoms with Crippen LogP contribution in [0.4, 0.5) is 4.39 Å². The number of nitrogens with two attached hydrogens (primary N) is 1. The number of hydrogen-bond acceptors (Lipinski definition) is 6. The van der Waals surface area contributed by atoms with Crippen molar-refractivity contribution in [3.05, 3.63) is 0 Å². The van der Waals surface area contributed by atoms with Gasteiger partial charge in [-0.25, -0.2) is 4.39 Å². The zero-order valence-electron chi connectivity index (χ0n) is 17.5. The Balaban J connectivity index is 1.41. The van der Waals surface area contributed by atoms with E-state index in [1.54, 1.807) is 0 Å². The van der Waals surface area contributed by atoms with E-state index < -0.39 is 11.6 Å². The Morgan fingerprint density at radius 1 is 1.37 bits per heavy atom. The lowest BCUT2D eigenvalue weighted by Crippen LogP contribution is -2.68. The summed E-state index contributed by atoms with van der Waals surface area (Å²) in [5.41, 5.74) is 5.08. The van der Waals surface area contributed by atoms with Crippen LogP contribution < -0.4 is 21.7 Å². The van der Waals surface area contributed by atoms with E-state index in [2.05, 4.69) is 26.9 Å². The Morgan fingerprint density at radius 3 is 2.80 bits per heavy atom. The number of nitrogens with one attached hydrogen (secondary N) is 3. The van der Waals surface area contributed by atoms with Gasteiger partial charge in [-0.1, -0.05) is 0 Å². The summed E-state index contributed by atoms with van der Waals surface area (Å²) in [4.78, 5) is 14.8. The quantitative estimate of drug-likeness (QED) is 0.457. The molecule has 30 heavy (non-hydrogen) atoms. The Labute approximate surface area is 183 Å². The van der Waals surface area contributed by atoms with Crippen LogP contribution in [0, 0.1) is 34.5 Å². The number of hydrogen-bond donors (Lipinski definition) is 4. The van der Waals surface area contributed by atoms with Crippen molar-refractivity contribution >= 4 is 17.5 Å². The highest BCUT2D eigenvalue weighted by atomic mass is 35.5. The van der Waals surface area contributed by atoms with Gasteiger partial charge in [0.25, 0.3) is 0 Å². The fourth-order valence-electron chi connectivity index (χ4n) is 5.31. The van der Waals surface area contributed by atoms with Gasteiger partial charge in [-0.15, -0.1) is 11.6 Å². The van der Waals surface area contributed by atoms with Crippen molar-refractivity contribution in [1.82, 2.24) is 20.9 Å². The standard InChI is InChI=1S/C21H34ClFN6O/c22-15-1-2-16(17(23)7-15)18-26-9-14(10-27-20(30)21(12-25)4-5-21)19(28-18)29-6-3-13(8-24)11-29/h13-19,26,28H,1-11,24H2,(H,27,30). The fraction of sp³-hybridized carbons (Fsp3) is 0.905. The maximum Gasteiger partial charge on any atom is 0.240 e. The maximum atomic E-state index is 14.7. The van der Waals surface area contributed by atoms with Gasteiger partial charge >= 0.3 is 0 Å². The fourth-order valence-corrected chi connectivity index (χ4v) is 5.61. The van der Waals surface area contributed by atoms with Gasteiger partial charge in [-0.05, 0) is 51.0 Å². The molecule has 2 saturated carbocycles. The van der Waals surface area contributed by atoms with E-state index in [1.807, 2.05) is 0 Å². The normalized spacial score (nSPS) is 41.2. The van der Waals surface area contributed by atoms with Crippen molar-refractivity contribution in [3.8, 4) is 6.07 Å². The molecule has 168 valence electrons. The van der Waals surface area contributed by atoms with Crippen LogP contribution in [0.25, 0.3) is 0 Å². The number of carbonyl (C=O) groups is 1. The van der Waals surface area contributed by atoms with E-state index in [0.29, 0.717) is 44.8 Å². The van der Waals surface area contributed by atoms with Crippen molar-refractivity contribution in [1.29, 1.82) is 5.26 Å². The van der Waals surface area contributed by atoms with Gasteiger partial charge in [-0.3, -0.25) is 15.0 Å². The third kappa shape index (κ3) is 4.61. The van der Waals surface area contributed by atoms with Gasteiger partial charge in [-0.2, -0.15) is 5.26 Å². The van der Waals surface area contributed by atoms with Crippen LogP contribution in [0.2, 0.25) is 0 Å². The molecule has 2 aliphatic carbocycles. The molecule has 7 unspecified atom stereocenters. The molecule has 2 saturated heterocycles. The second-order valence-electron chi connectivity index (χ2n) is 9.64. The van der Waals surface area contributed by atoms with Gasteiger partial charge in [0.05, 0.1) is 18.4 Å². The molecule has 4 rings (SSSR count). The summed E-state index contributed by atoms with van der Waals surface area (Å²) in [6, 6.07) is 2.16. The molecule has 2 heterocycles. The molecule has 2 aliphatic heterocycles. The maximum absolute atomic E-state index is 14.7. The average molecular weight is 441 g/mol. The van der Waals surface area contributed by atoms with E-state index in [4.69, 9.17) is 17.3 Å². The summed E-state index contributed by atoms with van der Waals surface area (Å²) in [7, 11) is 0. The number of carbonyl (C=O) groups excluding carboxylic acids is 1. The third-order valence-electron chi connectivity index (χ3n) is 7.55. The molecule has 0 radical (unpaired) electrons. The molecule has 4 fully saturated rings. The number of nitriles is 1. The minimum Gasteiger partial charge on any atom is -0.354 e. The molecule has 7 atom stereocenters. The van der Waals surface area contributed by atoms with Gasteiger partial charge in [0, 0.05) is 43.4 Å². The minimum absolute atomic E-state index is 0.0475. The summed E-state index contributed by atoms with van der Waals surface area (Å²) in [6.07, 6.45) is 3.40. The second-order valence-corrected chi connectivity index (χ2v) is 10.3. The molecule has 7 nitrogen and oxygen atoms in total. The first kappa shape index (κ1) is 22.2. The predicted molar refractivity (Wildman–Crippen MR) is 113 cm³/mol. The minimum atomic E-state index is -0.913. The van der Waals surface area contributed by atoms with Crippen LogP contribution in [-0.2, 0) is 4.79 Å². The molecule has 4 aliphatic rings. The van der Waals surface area contributed by atoms with Crippen LogP contribution in [0.3, 0.4) is 0 Å². The number of amides is 1. The van der Waals surface area contributed by atoms with Gasteiger partial charge in [0.1, 0.15) is 11.6 Å². The zero-order valence-corrected chi connectivity index (χ0v) is 18.2. The highest BCUT2D eigenvalue weighted by molar-refractivity contribution is 6.20. The summed E-state index contributed by atoms with van der Waals surface area (Å²) in [5.74, 6) is 0.360. The van der Waals surface area contributed by atoms with Crippen LogP contribution in [0.15, 0.2) is 0 Å². The molecule has 0 bridgehead atoms. The monoisotopic (exact) mass is 440 g/mol. The van der Waals surface area contributed by atoms with Gasteiger partial charge < -0.3 is 16.4 Å². The van der Waals surface area contributed by atoms with Crippen molar-refractivity contribution in [2.45, 2.75) is 62.4 Å². The highest BCUT2D eigenvalue weighted by Crippen LogP contribution is 2.45. The van der Waals surface area contributed by atoms with E-state index in [0.717, 1.165) is 32.4 Å². The predicted octanol–water partition coefficient (Wildman–Crippen LogP) is 0.894. The van der Waals surface area contributed by atoms with Gasteiger partial charge in [0.2, 0.25) is 5.91 Å². The number of rotatable bonds is 6. The molecule has 5 N–H and O–H groups in total. The topological polar surface area (TPSA) is 106 Å². The molecule has 1 amide bonds. The van der Waals surface area contributed by atoms with Crippen molar-refractivity contribution < 1.29 is 9.18 Å². The van der Waals surface area contributed by atoms with Gasteiger partial charge in [0.15, 0.2) is 0 Å². The first-order chi connectivity index (χ1) is 14.5. The Morgan fingerprint density at radius 2 is 2.17 bits per heavy atom. The average Bonchev–Trinajstić information content (AvgIpc) is 3.41. The number of alkyl halides is 2. The van der Waals surface area contributed by atoms with E-state index in [-0.39, 0.29) is 35.5 Å². The molecular weight excluding hydrogens is 407 g/mol. The first-order valence-corrected chi connectivity index (χ1v) is 11.8. The summed E-state index contributed by atoms with van der Waals surface area (Å²) in [6.45, 7) is 3.73. The molecule has 0 aromatic heterocycles. The molecule has 0 spiro atoms. The van der Waals surface area contributed by atoms with E-state index in [1.165, 1.54) is 0 Å². The Bertz CT molecular complexity index is 670. The summed E-state index contributed by atoms with van der Waals surface area (Å²) >= 11 is 6.16. The highest BCUT2D eigenvalue weighted by Gasteiger charge is 2.51. The smallest absolute Gasteiger partial charge is 0.240 e.